The van der Waals surface area contributed by atoms with Crippen LogP contribution in [0.4, 0.5) is 34.5 Å². The van der Waals surface area contributed by atoms with E-state index >= 15 is 0 Å². The van der Waals surface area contributed by atoms with Crippen molar-refractivity contribution in [2.24, 2.45) is 0 Å². The Morgan fingerprint density at radius 3 is 2.40 bits per heavy atom. The molecule has 426 valence electrons. The summed E-state index contributed by atoms with van der Waals surface area (Å²) in [4.78, 5) is 88.8. The third-order valence-corrected chi connectivity index (χ3v) is 15.3. The van der Waals surface area contributed by atoms with E-state index in [1.807, 2.05) is 4.90 Å². The van der Waals surface area contributed by atoms with Crippen molar-refractivity contribution in [2.75, 3.05) is 112 Å². The number of carbonyl (C=O) groups excluding carboxylic acids is 5. The van der Waals surface area contributed by atoms with E-state index in [2.05, 4.69) is 74.8 Å². The fourth-order valence-corrected chi connectivity index (χ4v) is 11.1. The van der Waals surface area contributed by atoms with Crippen molar-refractivity contribution >= 4 is 96.7 Å². The Morgan fingerprint density at radius 1 is 0.875 bits per heavy atom. The lowest BCUT2D eigenvalue weighted by Crippen LogP contribution is -2.54. The highest BCUT2D eigenvalue weighted by Gasteiger charge is 2.40. The SMILES string of the molecule is CCc1cc(Nc2ncc(Cl)c(Nc3ccc4nccnc4c3NS(C)(=O)=O)n2)c(OC)cc1N1CCC(N2CCN(C(=O)CCCOCCOCCNC(=O)COc3cccc4c3CN(C3CCC(=O)NC3=O)C4=O)CC2)CC1. The summed E-state index contributed by atoms with van der Waals surface area (Å²) in [5.41, 5.74) is 5.32. The zero-order chi connectivity index (χ0) is 56.3. The van der Waals surface area contributed by atoms with Crippen LogP contribution in [0.5, 0.6) is 11.5 Å². The molecule has 6 heterocycles. The number of hydrogen-bond donors (Lipinski definition) is 5. The number of carbonyl (C=O) groups is 5. The number of piperazine rings is 1. The van der Waals surface area contributed by atoms with Crippen LogP contribution in [0.2, 0.25) is 5.02 Å². The molecule has 3 fully saturated rings. The molecular weight excluding hydrogens is 1070 g/mol. The van der Waals surface area contributed by atoms with Crippen molar-refractivity contribution in [1.29, 1.82) is 0 Å². The highest BCUT2D eigenvalue weighted by atomic mass is 35.5. The molecule has 4 aliphatic rings. The smallest absolute Gasteiger partial charge is 0.258 e. The number of benzene rings is 3. The van der Waals surface area contributed by atoms with E-state index in [4.69, 9.17) is 30.5 Å². The summed E-state index contributed by atoms with van der Waals surface area (Å²) < 4.78 is 50.2. The molecular formula is C54H66ClN13O11S. The van der Waals surface area contributed by atoms with Gasteiger partial charge in [-0.2, -0.15) is 4.98 Å². The van der Waals surface area contributed by atoms with Gasteiger partial charge < -0.3 is 49.6 Å². The number of halogens is 1. The molecule has 3 aromatic carbocycles. The second kappa shape index (κ2) is 26.2. The lowest BCUT2D eigenvalue weighted by molar-refractivity contribution is -0.137. The molecule has 1 unspecified atom stereocenters. The third-order valence-electron chi connectivity index (χ3n) is 14.5. The number of nitrogens with zero attached hydrogens (tertiary/aromatic N) is 8. The minimum atomic E-state index is -3.69. The number of fused-ring (bicyclic) bond motifs is 2. The predicted molar refractivity (Wildman–Crippen MR) is 299 cm³/mol. The molecule has 0 saturated carbocycles. The van der Waals surface area contributed by atoms with Crippen LogP contribution >= 0.6 is 11.6 Å². The molecule has 2 aromatic heterocycles. The van der Waals surface area contributed by atoms with Gasteiger partial charge >= 0.3 is 0 Å². The Bertz CT molecular complexity index is 3210. The van der Waals surface area contributed by atoms with Gasteiger partial charge in [-0.15, -0.1) is 0 Å². The molecule has 0 bridgehead atoms. The number of ether oxygens (including phenoxy) is 4. The number of aromatic nitrogens is 4. The molecule has 9 rings (SSSR count). The van der Waals surface area contributed by atoms with Gasteiger partial charge in [0.2, 0.25) is 33.7 Å². The van der Waals surface area contributed by atoms with E-state index in [9.17, 15) is 32.4 Å². The normalized spacial score (nSPS) is 17.1. The van der Waals surface area contributed by atoms with E-state index in [1.54, 1.807) is 37.4 Å². The maximum absolute atomic E-state index is 13.1. The lowest BCUT2D eigenvalue weighted by Gasteiger charge is -2.43. The predicted octanol–water partition coefficient (Wildman–Crippen LogP) is 4.39. The Morgan fingerprint density at radius 2 is 1.65 bits per heavy atom. The molecule has 0 spiro atoms. The monoisotopic (exact) mass is 1140 g/mol. The highest BCUT2D eigenvalue weighted by molar-refractivity contribution is 7.92. The molecule has 0 aliphatic carbocycles. The number of sulfonamides is 1. The van der Waals surface area contributed by atoms with Crippen molar-refractivity contribution in [3.8, 4) is 11.5 Å². The van der Waals surface area contributed by atoms with Gasteiger partial charge in [0.05, 0.1) is 68.5 Å². The van der Waals surface area contributed by atoms with Gasteiger partial charge in [0, 0.05) is 107 Å². The number of hydrogen-bond acceptors (Lipinski definition) is 19. The first-order valence-corrected chi connectivity index (χ1v) is 29.0. The van der Waals surface area contributed by atoms with Crippen LogP contribution in [0.25, 0.3) is 11.0 Å². The Balaban J connectivity index is 0.648. The lowest BCUT2D eigenvalue weighted by atomic mass is 9.99. The minimum absolute atomic E-state index is 0.131. The summed E-state index contributed by atoms with van der Waals surface area (Å²) in [5.74, 6) is 0.0679. The quantitative estimate of drug-likeness (QED) is 0.0423. The van der Waals surface area contributed by atoms with Gasteiger partial charge in [-0.3, -0.25) is 48.9 Å². The summed E-state index contributed by atoms with van der Waals surface area (Å²) in [6, 6.07) is 12.2. The van der Waals surface area contributed by atoms with Crippen LogP contribution in [-0.2, 0) is 51.6 Å². The number of rotatable bonds is 24. The first-order valence-electron chi connectivity index (χ1n) is 26.7. The average molecular weight is 1140 g/mol. The van der Waals surface area contributed by atoms with Crippen molar-refractivity contribution in [1.82, 2.24) is 45.3 Å². The number of aryl methyl sites for hydroxylation is 1. The minimum Gasteiger partial charge on any atom is -0.494 e. The largest absolute Gasteiger partial charge is 0.494 e. The van der Waals surface area contributed by atoms with Gasteiger partial charge in [-0.1, -0.05) is 24.6 Å². The van der Waals surface area contributed by atoms with E-state index in [-0.39, 0.29) is 85.2 Å². The summed E-state index contributed by atoms with van der Waals surface area (Å²) >= 11 is 6.57. The van der Waals surface area contributed by atoms with E-state index in [1.165, 1.54) is 23.5 Å². The Labute approximate surface area is 468 Å². The summed E-state index contributed by atoms with van der Waals surface area (Å²) in [6.45, 7) is 8.43. The molecule has 1 atom stereocenters. The van der Waals surface area contributed by atoms with E-state index in [0.29, 0.717) is 96.8 Å². The van der Waals surface area contributed by atoms with Crippen LogP contribution in [0.15, 0.2) is 61.1 Å². The first kappa shape index (κ1) is 57.2. The standard InChI is InChI=1S/C54H66ClN13O11S/c1-4-34-29-41(61-54-59-31-38(55)51(63-54)60-40-11-10-39-49(58-17-16-56-39)50(40)64-80(3,74)75)45(76-2)30-43(34)66-19-14-35(15-20-66)65-21-23-67(24-22-65)48(71)9-6-25-77-27-28-78-26-18-57-47(70)33-79-44-8-5-7-36-37(44)32-68(53(36)73)42-12-13-46(69)62-52(42)72/h5,7-8,10-11,16-17,29-31,35,42,64H,4,6,9,12-15,18-28,32-33H2,1-3H3,(H,57,70)(H,62,69,72)(H2,59,60,61,63). The maximum Gasteiger partial charge on any atom is 0.258 e. The van der Waals surface area contributed by atoms with Gasteiger partial charge in [0.15, 0.2) is 12.4 Å². The molecule has 5 N–H and O–H groups in total. The molecule has 3 saturated heterocycles. The fourth-order valence-electron chi connectivity index (χ4n) is 10.4. The zero-order valence-electron chi connectivity index (χ0n) is 44.9. The number of methoxy groups -OCH3 is 1. The van der Waals surface area contributed by atoms with Crippen LogP contribution in [0.1, 0.15) is 66.9 Å². The Hall–Kier alpha value is -7.45. The Kier molecular flexibility index (Phi) is 18.8. The molecule has 5 aromatic rings. The number of imide groups is 1. The van der Waals surface area contributed by atoms with E-state index in [0.717, 1.165) is 62.9 Å². The van der Waals surface area contributed by atoms with Crippen LogP contribution in [0, 0.1) is 0 Å². The zero-order valence-corrected chi connectivity index (χ0v) is 46.5. The summed E-state index contributed by atoms with van der Waals surface area (Å²) in [5, 5.41) is 11.7. The second-order valence-corrected chi connectivity index (χ2v) is 21.9. The third kappa shape index (κ3) is 14.1. The number of amides is 5. The first-order chi connectivity index (χ1) is 38.7. The topological polar surface area (TPSA) is 281 Å². The van der Waals surface area contributed by atoms with Crippen molar-refractivity contribution < 1.29 is 51.3 Å². The van der Waals surface area contributed by atoms with Gasteiger partial charge in [-0.25, -0.2) is 13.4 Å². The summed E-state index contributed by atoms with van der Waals surface area (Å²) in [7, 11) is -2.07. The molecule has 80 heavy (non-hydrogen) atoms. The second-order valence-electron chi connectivity index (χ2n) is 19.7. The van der Waals surface area contributed by atoms with Crippen LogP contribution < -0.4 is 40.4 Å². The van der Waals surface area contributed by atoms with E-state index < -0.39 is 22.0 Å². The average Bonchev–Trinajstić information content (AvgIpc) is 3.81. The highest BCUT2D eigenvalue weighted by Crippen LogP contribution is 2.39. The molecule has 5 amide bonds. The van der Waals surface area contributed by atoms with Gasteiger partial charge in [-0.05, 0) is 68.0 Å². The molecule has 4 aliphatic heterocycles. The van der Waals surface area contributed by atoms with Gasteiger partial charge in [0.25, 0.3) is 11.8 Å². The number of nitrogens with one attached hydrogen (secondary N) is 5. The fraction of sp³-hybridized carbons (Fsp3) is 0.463. The molecule has 0 radical (unpaired) electrons. The number of piperidine rings is 2. The molecule has 24 nitrogen and oxygen atoms in total. The molecule has 26 heteroatoms. The number of anilines is 6. The summed E-state index contributed by atoms with van der Waals surface area (Å²) in [6.07, 6.45) is 9.69. The van der Waals surface area contributed by atoms with Crippen molar-refractivity contribution in [2.45, 2.75) is 70.5 Å². The van der Waals surface area contributed by atoms with Crippen molar-refractivity contribution in [3.63, 3.8) is 0 Å². The van der Waals surface area contributed by atoms with Gasteiger partial charge in [0.1, 0.15) is 28.1 Å². The van der Waals surface area contributed by atoms with Crippen molar-refractivity contribution in [3.05, 3.63) is 82.8 Å². The maximum atomic E-state index is 13.1. The van der Waals surface area contributed by atoms with Crippen LogP contribution in [0.3, 0.4) is 0 Å². The van der Waals surface area contributed by atoms with Crippen LogP contribution in [-0.4, -0.2) is 177 Å².